The zero-order valence-corrected chi connectivity index (χ0v) is 6.98. The van der Waals surface area contributed by atoms with E-state index in [4.69, 9.17) is 14.6 Å². The minimum Gasteiger partial charge on any atom is -0.388 e. The van der Waals surface area contributed by atoms with Crippen molar-refractivity contribution in [1.82, 2.24) is 0 Å². The summed E-state index contributed by atoms with van der Waals surface area (Å²) >= 11 is 0. The summed E-state index contributed by atoms with van der Waals surface area (Å²) in [5, 5.41) is 18.3. The Morgan fingerprint density at radius 1 is 1.42 bits per heavy atom. The average Bonchev–Trinajstić information content (AvgIpc) is 2.02. The first-order valence-electron chi connectivity index (χ1n) is 3.76. The third-order valence-electron chi connectivity index (χ3n) is 2.03. The SMILES string of the molecule is CO[C@@H]1[C@H](O)[C@H](C)O[C@H](O)[C@@H]1F. The number of rotatable bonds is 1. The molecule has 0 aromatic carbocycles. The van der Waals surface area contributed by atoms with E-state index in [-0.39, 0.29) is 0 Å². The molecule has 12 heavy (non-hydrogen) atoms. The highest BCUT2D eigenvalue weighted by molar-refractivity contribution is 4.87. The van der Waals surface area contributed by atoms with Crippen LogP contribution < -0.4 is 0 Å². The number of ether oxygens (including phenoxy) is 2. The number of halogens is 1. The number of hydrogen-bond donors (Lipinski definition) is 2. The van der Waals surface area contributed by atoms with E-state index in [1.54, 1.807) is 6.92 Å². The van der Waals surface area contributed by atoms with E-state index < -0.39 is 30.8 Å². The predicted molar refractivity (Wildman–Crippen MR) is 38.3 cm³/mol. The van der Waals surface area contributed by atoms with Gasteiger partial charge < -0.3 is 19.7 Å². The van der Waals surface area contributed by atoms with Crippen LogP contribution in [0.2, 0.25) is 0 Å². The van der Waals surface area contributed by atoms with E-state index >= 15 is 0 Å². The standard InChI is InChI=1S/C7H13FO4/c1-3-5(9)6(11-2)4(8)7(10)12-3/h3-7,9-10H,1-2H3/t3-,4+,5+,6-,7-/m0/s1. The third kappa shape index (κ3) is 1.59. The van der Waals surface area contributed by atoms with Crippen LogP contribution in [0.3, 0.4) is 0 Å². The second-order valence-electron chi connectivity index (χ2n) is 2.87. The molecule has 0 unspecified atom stereocenters. The summed E-state index contributed by atoms with van der Waals surface area (Å²) < 4.78 is 22.4. The molecule has 0 radical (unpaired) electrons. The highest BCUT2D eigenvalue weighted by atomic mass is 19.1. The van der Waals surface area contributed by atoms with Gasteiger partial charge in [0.15, 0.2) is 12.5 Å². The number of hydrogen-bond acceptors (Lipinski definition) is 4. The van der Waals surface area contributed by atoms with Crippen molar-refractivity contribution in [3.63, 3.8) is 0 Å². The second-order valence-corrected chi connectivity index (χ2v) is 2.87. The van der Waals surface area contributed by atoms with E-state index in [0.717, 1.165) is 0 Å². The monoisotopic (exact) mass is 180 g/mol. The minimum atomic E-state index is -1.69. The first-order valence-corrected chi connectivity index (χ1v) is 3.76. The smallest absolute Gasteiger partial charge is 0.189 e. The van der Waals surface area contributed by atoms with Gasteiger partial charge >= 0.3 is 0 Å². The van der Waals surface area contributed by atoms with Crippen molar-refractivity contribution < 1.29 is 24.1 Å². The summed E-state index contributed by atoms with van der Waals surface area (Å²) in [6.07, 6.45) is -5.86. The van der Waals surface area contributed by atoms with Gasteiger partial charge in [0.05, 0.1) is 6.10 Å². The van der Waals surface area contributed by atoms with Crippen LogP contribution in [0.25, 0.3) is 0 Å². The molecule has 0 aromatic rings. The largest absolute Gasteiger partial charge is 0.388 e. The van der Waals surface area contributed by atoms with Gasteiger partial charge in [-0.05, 0) is 6.92 Å². The summed E-state index contributed by atoms with van der Waals surface area (Å²) in [6.45, 7) is 1.55. The van der Waals surface area contributed by atoms with E-state index in [1.165, 1.54) is 7.11 Å². The van der Waals surface area contributed by atoms with E-state index in [2.05, 4.69) is 0 Å². The van der Waals surface area contributed by atoms with Crippen LogP contribution in [-0.4, -0.2) is 48.1 Å². The molecule has 0 amide bonds. The highest BCUT2D eigenvalue weighted by Gasteiger charge is 2.43. The molecule has 2 N–H and O–H groups in total. The quantitative estimate of drug-likeness (QED) is 0.567. The summed E-state index contributed by atoms with van der Waals surface area (Å²) in [4.78, 5) is 0. The maximum absolute atomic E-state index is 13.0. The zero-order valence-electron chi connectivity index (χ0n) is 6.98. The number of aliphatic hydroxyl groups excluding tert-OH is 2. The molecule has 4 nitrogen and oxygen atoms in total. The molecular weight excluding hydrogens is 167 g/mol. The topological polar surface area (TPSA) is 58.9 Å². The van der Waals surface area contributed by atoms with Crippen LogP contribution in [0.15, 0.2) is 0 Å². The molecule has 72 valence electrons. The summed E-state index contributed by atoms with van der Waals surface area (Å²) in [7, 11) is 1.28. The summed E-state index contributed by atoms with van der Waals surface area (Å²) in [6, 6.07) is 0. The van der Waals surface area contributed by atoms with E-state index in [9.17, 15) is 9.50 Å². The van der Waals surface area contributed by atoms with Gasteiger partial charge in [-0.1, -0.05) is 0 Å². The van der Waals surface area contributed by atoms with Crippen LogP contribution in [0.4, 0.5) is 4.39 Å². The van der Waals surface area contributed by atoms with Crippen molar-refractivity contribution in [2.75, 3.05) is 7.11 Å². The van der Waals surface area contributed by atoms with E-state index in [1.807, 2.05) is 0 Å². The lowest BCUT2D eigenvalue weighted by atomic mass is 10.0. The molecule has 0 aromatic heterocycles. The molecule has 1 rings (SSSR count). The molecule has 0 spiro atoms. The minimum absolute atomic E-state index is 0.614. The molecule has 5 heteroatoms. The predicted octanol–water partition coefficient (Wildman–Crippen LogP) is -0.563. The number of aliphatic hydroxyl groups is 2. The number of methoxy groups -OCH3 is 1. The molecule has 1 aliphatic rings. The molecule has 5 atom stereocenters. The Labute approximate surface area is 69.9 Å². The van der Waals surface area contributed by atoms with Crippen molar-refractivity contribution in [3.8, 4) is 0 Å². The van der Waals surface area contributed by atoms with Gasteiger partial charge in [-0.25, -0.2) is 4.39 Å². The first-order chi connectivity index (χ1) is 5.57. The van der Waals surface area contributed by atoms with Crippen LogP contribution in [-0.2, 0) is 9.47 Å². The van der Waals surface area contributed by atoms with E-state index in [0.29, 0.717) is 0 Å². The molecule has 1 heterocycles. The Balaban J connectivity index is 2.67. The maximum atomic E-state index is 13.0. The van der Waals surface area contributed by atoms with Crippen molar-refractivity contribution in [2.45, 2.75) is 37.7 Å². The van der Waals surface area contributed by atoms with Crippen LogP contribution in [0.1, 0.15) is 6.92 Å². The Morgan fingerprint density at radius 2 is 2.00 bits per heavy atom. The van der Waals surface area contributed by atoms with Gasteiger partial charge in [-0.3, -0.25) is 0 Å². The lowest BCUT2D eigenvalue weighted by Gasteiger charge is -2.37. The van der Waals surface area contributed by atoms with Gasteiger partial charge in [0.25, 0.3) is 0 Å². The van der Waals surface area contributed by atoms with Gasteiger partial charge in [0.1, 0.15) is 12.2 Å². The molecule has 0 saturated carbocycles. The van der Waals surface area contributed by atoms with Gasteiger partial charge in [0.2, 0.25) is 0 Å². The Kier molecular flexibility index (Phi) is 3.00. The van der Waals surface area contributed by atoms with Gasteiger partial charge in [-0.15, -0.1) is 0 Å². The third-order valence-corrected chi connectivity index (χ3v) is 2.03. The van der Waals surface area contributed by atoms with Crippen LogP contribution in [0.5, 0.6) is 0 Å². The first kappa shape index (κ1) is 9.85. The molecule has 1 saturated heterocycles. The fraction of sp³-hybridized carbons (Fsp3) is 1.00. The van der Waals surface area contributed by atoms with Gasteiger partial charge in [-0.2, -0.15) is 0 Å². The lowest BCUT2D eigenvalue weighted by molar-refractivity contribution is -0.265. The lowest BCUT2D eigenvalue weighted by Crippen LogP contribution is -2.55. The van der Waals surface area contributed by atoms with Gasteiger partial charge in [0, 0.05) is 7.11 Å². The molecule has 0 bridgehead atoms. The highest BCUT2D eigenvalue weighted by Crippen LogP contribution is 2.23. The fourth-order valence-electron chi connectivity index (χ4n) is 1.26. The number of alkyl halides is 1. The van der Waals surface area contributed by atoms with Crippen molar-refractivity contribution >= 4 is 0 Å². The molecule has 1 aliphatic heterocycles. The molecule has 1 fully saturated rings. The Bertz CT molecular complexity index is 140. The van der Waals surface area contributed by atoms with Crippen molar-refractivity contribution in [3.05, 3.63) is 0 Å². The fourth-order valence-corrected chi connectivity index (χ4v) is 1.26. The van der Waals surface area contributed by atoms with Crippen molar-refractivity contribution in [1.29, 1.82) is 0 Å². The Morgan fingerprint density at radius 3 is 2.50 bits per heavy atom. The zero-order chi connectivity index (χ0) is 9.30. The molecular formula is C7H13FO4. The summed E-state index contributed by atoms with van der Waals surface area (Å²) in [5.41, 5.74) is 0. The average molecular weight is 180 g/mol. The van der Waals surface area contributed by atoms with Crippen molar-refractivity contribution in [2.24, 2.45) is 0 Å². The summed E-state index contributed by atoms with van der Waals surface area (Å²) in [5.74, 6) is 0. The maximum Gasteiger partial charge on any atom is 0.189 e. The van der Waals surface area contributed by atoms with Crippen LogP contribution >= 0.6 is 0 Å². The van der Waals surface area contributed by atoms with Crippen LogP contribution in [0, 0.1) is 0 Å². The molecule has 0 aliphatic carbocycles. The normalized spacial score (nSPS) is 49.2. The Hall–Kier alpha value is -0.230. The second kappa shape index (κ2) is 3.66.